The second-order valence-electron chi connectivity index (χ2n) is 9.37. The number of hydrogen-bond donors (Lipinski definition) is 3. The van der Waals surface area contributed by atoms with Crippen LogP contribution in [0.5, 0.6) is 5.75 Å². The molecular weight excluding hydrogens is 490 g/mol. The van der Waals surface area contributed by atoms with Crippen LogP contribution in [0.25, 0.3) is 0 Å². The van der Waals surface area contributed by atoms with E-state index in [0.29, 0.717) is 24.1 Å². The Labute approximate surface area is 222 Å². The third-order valence-corrected chi connectivity index (χ3v) is 8.73. The van der Waals surface area contributed by atoms with Crippen molar-refractivity contribution in [2.24, 2.45) is 5.92 Å². The predicted octanol–water partition coefficient (Wildman–Crippen LogP) is 6.01. The van der Waals surface area contributed by atoms with Crippen LogP contribution in [0, 0.1) is 17.2 Å². The maximum atomic E-state index is 12.5. The molecule has 36 heavy (non-hydrogen) atoms. The van der Waals surface area contributed by atoms with Crippen LogP contribution >= 0.6 is 22.9 Å². The van der Waals surface area contributed by atoms with Gasteiger partial charge >= 0.3 is 0 Å². The Morgan fingerprint density at radius 3 is 2.78 bits per heavy atom. The number of fused-ring (bicyclic) bond motifs is 1. The number of nitrogens with zero attached hydrogens (tertiary/aromatic N) is 1. The molecule has 0 fully saturated rings. The Bertz CT molecular complexity index is 1250. The topological polar surface area (TPSA) is 85.2 Å². The van der Waals surface area contributed by atoms with Crippen molar-refractivity contribution in [1.82, 2.24) is 10.6 Å². The number of nitriles is 1. The van der Waals surface area contributed by atoms with Gasteiger partial charge in [-0.05, 0) is 67.3 Å². The van der Waals surface area contributed by atoms with Crippen molar-refractivity contribution >= 4 is 28.8 Å². The molecule has 2 aromatic carbocycles. The highest BCUT2D eigenvalue weighted by atomic mass is 35.5. The maximum Gasteiger partial charge on any atom is 0.255 e. The zero-order valence-electron chi connectivity index (χ0n) is 20.5. The van der Waals surface area contributed by atoms with E-state index in [-0.39, 0.29) is 11.7 Å². The van der Waals surface area contributed by atoms with Gasteiger partial charge in [-0.15, -0.1) is 11.3 Å². The van der Waals surface area contributed by atoms with Crippen molar-refractivity contribution in [3.63, 3.8) is 0 Å². The minimum absolute atomic E-state index is 0.00876. The van der Waals surface area contributed by atoms with E-state index in [1.54, 1.807) is 29.5 Å². The van der Waals surface area contributed by atoms with Gasteiger partial charge in [0.05, 0.1) is 11.1 Å². The molecule has 0 saturated heterocycles. The van der Waals surface area contributed by atoms with E-state index in [1.807, 2.05) is 18.2 Å². The summed E-state index contributed by atoms with van der Waals surface area (Å²) in [5.74, 6) is 0.0345. The molecule has 1 heterocycles. The number of nitrogens with one attached hydrogen (secondary N) is 2. The fourth-order valence-corrected chi connectivity index (χ4v) is 6.41. The summed E-state index contributed by atoms with van der Waals surface area (Å²) in [4.78, 5) is 15.0. The molecule has 0 saturated carbocycles. The van der Waals surface area contributed by atoms with E-state index in [0.717, 1.165) is 61.2 Å². The molecule has 1 aromatic heterocycles. The standard InChI is InChI=1S/C29H32ClN3O2S/c1-2-19(17-33-29(35)23-8-4-6-10-26(23)34)11-14-27-24(16-31)22-13-12-21(15-28(22)36-27)32-18-20-7-3-5-9-25(20)30/h3-10,19,21,32,34H,2,11-15,17-18H2,1H3,(H,33,35). The summed E-state index contributed by atoms with van der Waals surface area (Å²) in [6.07, 6.45) is 5.54. The van der Waals surface area contributed by atoms with Crippen LogP contribution in [0.3, 0.4) is 0 Å². The van der Waals surface area contributed by atoms with Crippen LogP contribution in [-0.2, 0) is 25.8 Å². The molecule has 1 amide bonds. The number of carbonyl (C=O) groups is 1. The normalized spacial score (nSPS) is 15.6. The molecular formula is C29H32ClN3O2S. The monoisotopic (exact) mass is 521 g/mol. The van der Waals surface area contributed by atoms with Crippen molar-refractivity contribution < 1.29 is 9.90 Å². The zero-order chi connectivity index (χ0) is 25.5. The number of aryl methyl sites for hydroxylation is 1. The summed E-state index contributed by atoms with van der Waals surface area (Å²) in [5.41, 5.74) is 3.50. The number of hydrogen-bond acceptors (Lipinski definition) is 5. The lowest BCUT2D eigenvalue weighted by atomic mass is 9.90. The summed E-state index contributed by atoms with van der Waals surface area (Å²) in [7, 11) is 0. The molecule has 1 aliphatic rings. The number of thiophene rings is 1. The SMILES string of the molecule is CCC(CCc1sc2c(c1C#N)CCC(NCc1ccccc1Cl)C2)CNC(=O)c1ccccc1O. The Balaban J connectivity index is 1.33. The zero-order valence-corrected chi connectivity index (χ0v) is 22.1. The Kier molecular flexibility index (Phi) is 9.03. The number of phenolic OH excluding ortho intramolecular Hbond substituents is 1. The quantitative estimate of drug-likeness (QED) is 0.305. The molecule has 2 atom stereocenters. The first-order valence-corrected chi connectivity index (χ1v) is 13.8. The first-order chi connectivity index (χ1) is 17.5. The van der Waals surface area contributed by atoms with Gasteiger partial charge in [0.15, 0.2) is 0 Å². The summed E-state index contributed by atoms with van der Waals surface area (Å²) in [6.45, 7) is 3.41. The first-order valence-electron chi connectivity index (χ1n) is 12.6. The fourth-order valence-electron chi connectivity index (χ4n) is 4.80. The summed E-state index contributed by atoms with van der Waals surface area (Å²) < 4.78 is 0. The van der Waals surface area contributed by atoms with E-state index in [4.69, 9.17) is 11.6 Å². The molecule has 4 rings (SSSR count). The van der Waals surface area contributed by atoms with Crippen molar-refractivity contribution in [3.8, 4) is 11.8 Å². The second-order valence-corrected chi connectivity index (χ2v) is 11.0. The van der Waals surface area contributed by atoms with Gasteiger partial charge in [-0.2, -0.15) is 5.26 Å². The first kappa shape index (κ1) is 26.2. The fraction of sp³-hybridized carbons (Fsp3) is 0.379. The lowest BCUT2D eigenvalue weighted by Crippen LogP contribution is -2.33. The maximum absolute atomic E-state index is 12.5. The van der Waals surface area contributed by atoms with Gasteiger partial charge in [0.1, 0.15) is 11.8 Å². The largest absolute Gasteiger partial charge is 0.507 e. The van der Waals surface area contributed by atoms with Crippen molar-refractivity contribution in [2.45, 2.75) is 58.0 Å². The van der Waals surface area contributed by atoms with E-state index in [9.17, 15) is 15.2 Å². The lowest BCUT2D eigenvalue weighted by molar-refractivity contribution is 0.0943. The predicted molar refractivity (Wildman–Crippen MR) is 146 cm³/mol. The Hall–Kier alpha value is -2.85. The number of benzene rings is 2. The van der Waals surface area contributed by atoms with Gasteiger partial charge in [0.2, 0.25) is 0 Å². The van der Waals surface area contributed by atoms with Crippen LogP contribution in [0.4, 0.5) is 0 Å². The van der Waals surface area contributed by atoms with Crippen LogP contribution in [0.2, 0.25) is 5.02 Å². The molecule has 0 aliphatic heterocycles. The highest BCUT2D eigenvalue weighted by Gasteiger charge is 2.26. The second kappa shape index (κ2) is 12.4. The van der Waals surface area contributed by atoms with Gasteiger partial charge in [-0.25, -0.2) is 0 Å². The van der Waals surface area contributed by atoms with Crippen molar-refractivity contribution in [1.29, 1.82) is 5.26 Å². The average molecular weight is 522 g/mol. The van der Waals surface area contributed by atoms with Crippen LogP contribution in [0.1, 0.15) is 63.0 Å². The minimum Gasteiger partial charge on any atom is -0.507 e. The van der Waals surface area contributed by atoms with E-state index < -0.39 is 0 Å². The molecule has 0 bridgehead atoms. The molecule has 3 N–H and O–H groups in total. The molecule has 0 radical (unpaired) electrons. The van der Waals surface area contributed by atoms with Crippen LogP contribution in [-0.4, -0.2) is 23.6 Å². The van der Waals surface area contributed by atoms with E-state index in [2.05, 4.69) is 29.7 Å². The van der Waals surface area contributed by atoms with E-state index >= 15 is 0 Å². The molecule has 5 nitrogen and oxygen atoms in total. The number of para-hydroxylation sites is 1. The number of aromatic hydroxyl groups is 1. The third kappa shape index (κ3) is 6.28. The Morgan fingerprint density at radius 1 is 1.25 bits per heavy atom. The molecule has 1 aliphatic carbocycles. The highest BCUT2D eigenvalue weighted by molar-refractivity contribution is 7.12. The smallest absolute Gasteiger partial charge is 0.255 e. The van der Waals surface area contributed by atoms with Crippen LogP contribution in [0.15, 0.2) is 48.5 Å². The van der Waals surface area contributed by atoms with Crippen molar-refractivity contribution in [2.75, 3.05) is 6.54 Å². The molecule has 7 heteroatoms. The summed E-state index contributed by atoms with van der Waals surface area (Å²) >= 11 is 8.09. The average Bonchev–Trinajstić information content (AvgIpc) is 3.25. The van der Waals surface area contributed by atoms with Crippen molar-refractivity contribution in [3.05, 3.63) is 85.6 Å². The molecule has 188 valence electrons. The number of amides is 1. The van der Waals surface area contributed by atoms with Gasteiger partial charge < -0.3 is 15.7 Å². The number of phenols is 1. The van der Waals surface area contributed by atoms with Gasteiger partial charge in [0.25, 0.3) is 5.91 Å². The third-order valence-electron chi connectivity index (χ3n) is 7.05. The summed E-state index contributed by atoms with van der Waals surface area (Å²) in [5, 5.41) is 27.2. The highest BCUT2D eigenvalue weighted by Crippen LogP contribution is 2.35. The molecule has 3 aromatic rings. The Morgan fingerprint density at radius 2 is 2.03 bits per heavy atom. The van der Waals surface area contributed by atoms with Gasteiger partial charge in [0, 0.05) is 33.9 Å². The van der Waals surface area contributed by atoms with E-state index in [1.165, 1.54) is 21.4 Å². The van der Waals surface area contributed by atoms with Gasteiger partial charge in [-0.1, -0.05) is 55.3 Å². The summed E-state index contributed by atoms with van der Waals surface area (Å²) in [6, 6.07) is 17.4. The van der Waals surface area contributed by atoms with Gasteiger partial charge in [-0.3, -0.25) is 4.79 Å². The molecule has 2 unspecified atom stereocenters. The van der Waals surface area contributed by atoms with Crippen LogP contribution < -0.4 is 10.6 Å². The number of rotatable bonds is 10. The number of carbonyl (C=O) groups excluding carboxylic acids is 1. The number of halogens is 1. The minimum atomic E-state index is -0.258. The molecule has 0 spiro atoms. The lowest BCUT2D eigenvalue weighted by Gasteiger charge is -2.23.